The van der Waals surface area contributed by atoms with Gasteiger partial charge < -0.3 is 5.32 Å². The first-order valence-electron chi connectivity index (χ1n) is 5.36. The van der Waals surface area contributed by atoms with Gasteiger partial charge in [0.1, 0.15) is 11.9 Å². The van der Waals surface area contributed by atoms with Crippen molar-refractivity contribution in [1.29, 1.82) is 5.26 Å². The van der Waals surface area contributed by atoms with Crippen molar-refractivity contribution >= 4 is 5.82 Å². The molecular formula is C12H13N5. The highest BCUT2D eigenvalue weighted by molar-refractivity contribution is 5.51. The van der Waals surface area contributed by atoms with E-state index in [4.69, 9.17) is 5.26 Å². The van der Waals surface area contributed by atoms with Crippen LogP contribution in [0, 0.1) is 11.3 Å². The lowest BCUT2D eigenvalue weighted by Gasteiger charge is -2.05. The third-order valence-electron chi connectivity index (χ3n) is 2.39. The van der Waals surface area contributed by atoms with Gasteiger partial charge in [-0.1, -0.05) is 0 Å². The van der Waals surface area contributed by atoms with Crippen molar-refractivity contribution in [2.75, 3.05) is 11.9 Å². The Morgan fingerprint density at radius 1 is 1.53 bits per heavy atom. The van der Waals surface area contributed by atoms with E-state index in [1.807, 2.05) is 19.4 Å². The lowest BCUT2D eigenvalue weighted by Crippen LogP contribution is -2.07. The van der Waals surface area contributed by atoms with Crippen LogP contribution in [0.1, 0.15) is 11.1 Å². The second-order valence-electron chi connectivity index (χ2n) is 3.71. The zero-order valence-corrected chi connectivity index (χ0v) is 9.59. The fraction of sp³-hybridized carbons (Fsp3) is 0.250. The van der Waals surface area contributed by atoms with Crippen molar-refractivity contribution in [3.63, 3.8) is 0 Å². The van der Waals surface area contributed by atoms with Gasteiger partial charge in [0.15, 0.2) is 0 Å². The molecule has 2 heterocycles. The number of rotatable bonds is 4. The number of hydrogen-bond acceptors (Lipinski definition) is 4. The molecule has 0 bridgehead atoms. The van der Waals surface area contributed by atoms with Crippen molar-refractivity contribution in [1.82, 2.24) is 14.8 Å². The van der Waals surface area contributed by atoms with E-state index in [9.17, 15) is 0 Å². The molecule has 0 aromatic carbocycles. The average molecular weight is 227 g/mol. The summed E-state index contributed by atoms with van der Waals surface area (Å²) in [6.07, 6.45) is 6.35. The summed E-state index contributed by atoms with van der Waals surface area (Å²) in [6.45, 7) is 0.734. The van der Waals surface area contributed by atoms with Crippen LogP contribution >= 0.6 is 0 Å². The van der Waals surface area contributed by atoms with Crippen LogP contribution in [0.25, 0.3) is 0 Å². The van der Waals surface area contributed by atoms with Gasteiger partial charge in [-0.3, -0.25) is 4.68 Å². The Labute approximate surface area is 99.7 Å². The zero-order valence-electron chi connectivity index (χ0n) is 9.59. The summed E-state index contributed by atoms with van der Waals surface area (Å²) in [5.74, 6) is 0.638. The summed E-state index contributed by atoms with van der Waals surface area (Å²) in [7, 11) is 1.89. The summed E-state index contributed by atoms with van der Waals surface area (Å²) in [6, 6.07) is 5.61. The first-order chi connectivity index (χ1) is 8.29. The molecule has 17 heavy (non-hydrogen) atoms. The van der Waals surface area contributed by atoms with E-state index in [-0.39, 0.29) is 0 Å². The largest absolute Gasteiger partial charge is 0.369 e. The molecule has 2 aromatic rings. The van der Waals surface area contributed by atoms with Crippen LogP contribution in [0.15, 0.2) is 30.7 Å². The van der Waals surface area contributed by atoms with E-state index in [2.05, 4.69) is 21.5 Å². The van der Waals surface area contributed by atoms with E-state index in [1.54, 1.807) is 23.0 Å². The minimum Gasteiger partial charge on any atom is -0.369 e. The number of aryl methyl sites for hydroxylation is 1. The SMILES string of the molecule is Cn1cc(CCNc2ncccc2C#N)cn1. The van der Waals surface area contributed by atoms with Gasteiger partial charge in [0, 0.05) is 26.0 Å². The van der Waals surface area contributed by atoms with Gasteiger partial charge in [-0.25, -0.2) is 4.98 Å². The zero-order chi connectivity index (χ0) is 12.1. The number of aromatic nitrogens is 3. The first kappa shape index (κ1) is 11.1. The van der Waals surface area contributed by atoms with Gasteiger partial charge in [-0.2, -0.15) is 10.4 Å². The summed E-state index contributed by atoms with van der Waals surface area (Å²) in [5, 5.41) is 16.1. The van der Waals surface area contributed by atoms with Crippen molar-refractivity contribution in [2.45, 2.75) is 6.42 Å². The Morgan fingerprint density at radius 3 is 3.12 bits per heavy atom. The van der Waals surface area contributed by atoms with Crippen LogP contribution in [-0.4, -0.2) is 21.3 Å². The molecule has 2 rings (SSSR count). The molecule has 5 heteroatoms. The van der Waals surface area contributed by atoms with Gasteiger partial charge in [0.2, 0.25) is 0 Å². The fourth-order valence-electron chi connectivity index (χ4n) is 1.56. The smallest absolute Gasteiger partial charge is 0.143 e. The third kappa shape index (κ3) is 2.82. The van der Waals surface area contributed by atoms with Crippen LogP contribution in [0.2, 0.25) is 0 Å². The summed E-state index contributed by atoms with van der Waals surface area (Å²) >= 11 is 0. The summed E-state index contributed by atoms with van der Waals surface area (Å²) in [4.78, 5) is 4.13. The Bertz CT molecular complexity index is 538. The van der Waals surface area contributed by atoms with Gasteiger partial charge in [0.05, 0.1) is 11.8 Å². The molecule has 0 spiro atoms. The Hall–Kier alpha value is -2.35. The molecule has 1 N–H and O–H groups in total. The highest BCUT2D eigenvalue weighted by atomic mass is 15.2. The molecule has 0 atom stereocenters. The van der Waals surface area contributed by atoms with Crippen molar-refractivity contribution < 1.29 is 0 Å². The molecule has 0 unspecified atom stereocenters. The van der Waals surface area contributed by atoms with Gasteiger partial charge in [0.25, 0.3) is 0 Å². The van der Waals surface area contributed by atoms with Crippen LogP contribution in [-0.2, 0) is 13.5 Å². The fourth-order valence-corrected chi connectivity index (χ4v) is 1.56. The quantitative estimate of drug-likeness (QED) is 0.856. The predicted octanol–water partition coefficient (Wildman–Crippen LogP) is 1.34. The van der Waals surface area contributed by atoms with Crippen LogP contribution in [0.4, 0.5) is 5.82 Å². The van der Waals surface area contributed by atoms with Gasteiger partial charge >= 0.3 is 0 Å². The molecule has 0 amide bonds. The number of anilines is 1. The number of nitrogens with one attached hydrogen (secondary N) is 1. The average Bonchev–Trinajstić information content (AvgIpc) is 2.76. The van der Waals surface area contributed by atoms with Crippen LogP contribution < -0.4 is 5.32 Å². The van der Waals surface area contributed by atoms with E-state index in [0.29, 0.717) is 11.4 Å². The van der Waals surface area contributed by atoms with Crippen LogP contribution in [0.5, 0.6) is 0 Å². The molecule has 0 aliphatic heterocycles. The lowest BCUT2D eigenvalue weighted by molar-refractivity contribution is 0.767. The highest BCUT2D eigenvalue weighted by Crippen LogP contribution is 2.09. The minimum absolute atomic E-state index is 0.568. The predicted molar refractivity (Wildman–Crippen MR) is 64.4 cm³/mol. The second-order valence-corrected chi connectivity index (χ2v) is 3.71. The van der Waals surface area contributed by atoms with Crippen molar-refractivity contribution in [3.8, 4) is 6.07 Å². The topological polar surface area (TPSA) is 66.5 Å². The molecule has 0 radical (unpaired) electrons. The molecule has 0 fully saturated rings. The van der Waals surface area contributed by atoms with Crippen molar-refractivity contribution in [3.05, 3.63) is 41.9 Å². The molecular weight excluding hydrogens is 214 g/mol. The summed E-state index contributed by atoms with van der Waals surface area (Å²) < 4.78 is 1.77. The van der Waals surface area contributed by atoms with Gasteiger partial charge in [-0.05, 0) is 24.1 Å². The maximum Gasteiger partial charge on any atom is 0.143 e. The van der Waals surface area contributed by atoms with E-state index >= 15 is 0 Å². The highest BCUT2D eigenvalue weighted by Gasteiger charge is 2.01. The van der Waals surface area contributed by atoms with Gasteiger partial charge in [-0.15, -0.1) is 0 Å². The summed E-state index contributed by atoms with van der Waals surface area (Å²) in [5.41, 5.74) is 1.73. The van der Waals surface area contributed by atoms with Crippen molar-refractivity contribution in [2.24, 2.45) is 7.05 Å². The number of nitriles is 1. The number of hydrogen-bond donors (Lipinski definition) is 1. The third-order valence-corrected chi connectivity index (χ3v) is 2.39. The lowest BCUT2D eigenvalue weighted by atomic mass is 10.2. The van der Waals surface area contributed by atoms with E-state index in [0.717, 1.165) is 18.5 Å². The Morgan fingerprint density at radius 2 is 2.41 bits per heavy atom. The number of pyridine rings is 1. The molecule has 5 nitrogen and oxygen atoms in total. The number of nitrogens with zero attached hydrogens (tertiary/aromatic N) is 4. The standard InChI is InChI=1S/C12H13N5/c1-17-9-10(8-16-17)4-6-15-12-11(7-13)3-2-5-14-12/h2-3,5,8-9H,4,6H2,1H3,(H,14,15). The second kappa shape index (κ2) is 5.12. The molecule has 86 valence electrons. The molecule has 0 saturated carbocycles. The minimum atomic E-state index is 0.568. The van der Waals surface area contributed by atoms with E-state index in [1.165, 1.54) is 0 Å². The Kier molecular flexibility index (Phi) is 3.36. The maximum atomic E-state index is 8.89. The molecule has 0 aliphatic rings. The van der Waals surface area contributed by atoms with Crippen LogP contribution in [0.3, 0.4) is 0 Å². The molecule has 0 aliphatic carbocycles. The molecule has 2 aromatic heterocycles. The molecule has 0 saturated heterocycles. The monoisotopic (exact) mass is 227 g/mol. The normalized spacial score (nSPS) is 9.88. The maximum absolute atomic E-state index is 8.89. The van der Waals surface area contributed by atoms with E-state index < -0.39 is 0 Å². The first-order valence-corrected chi connectivity index (χ1v) is 5.36. The Balaban J connectivity index is 1.92.